The van der Waals surface area contributed by atoms with Crippen molar-refractivity contribution in [2.24, 2.45) is 0 Å². The fourth-order valence-corrected chi connectivity index (χ4v) is 1.17. The van der Waals surface area contributed by atoms with Crippen molar-refractivity contribution in [3.8, 4) is 0 Å². The van der Waals surface area contributed by atoms with Crippen LogP contribution in [0.5, 0.6) is 0 Å². The minimum atomic E-state index is 0.488. The lowest BCUT2D eigenvalue weighted by atomic mass is 10.2. The highest BCUT2D eigenvalue weighted by atomic mass is 16.5. The number of ether oxygens (including phenoxy) is 1. The average molecular weight is 143 g/mol. The Bertz CT molecular complexity index is 87.3. The second-order valence-electron chi connectivity index (χ2n) is 3.20. The lowest BCUT2D eigenvalue weighted by Gasteiger charge is -2.12. The second-order valence-corrected chi connectivity index (χ2v) is 3.20. The molecule has 0 radical (unpaired) electrons. The van der Waals surface area contributed by atoms with Gasteiger partial charge < -0.3 is 10.1 Å². The molecule has 0 saturated carbocycles. The van der Waals surface area contributed by atoms with Crippen LogP contribution in [0.1, 0.15) is 26.7 Å². The maximum atomic E-state index is 5.44. The number of rotatable bonds is 3. The van der Waals surface area contributed by atoms with E-state index in [1.54, 1.807) is 0 Å². The van der Waals surface area contributed by atoms with Gasteiger partial charge in [0.1, 0.15) is 0 Å². The van der Waals surface area contributed by atoms with Crippen molar-refractivity contribution in [2.75, 3.05) is 13.2 Å². The molecular weight excluding hydrogens is 126 g/mol. The quantitative estimate of drug-likeness (QED) is 0.640. The van der Waals surface area contributed by atoms with E-state index in [0.717, 1.165) is 13.2 Å². The lowest BCUT2D eigenvalue weighted by molar-refractivity contribution is 0.108. The van der Waals surface area contributed by atoms with E-state index >= 15 is 0 Å². The summed E-state index contributed by atoms with van der Waals surface area (Å²) in [5.74, 6) is 0. The highest BCUT2D eigenvalue weighted by molar-refractivity contribution is 4.68. The van der Waals surface area contributed by atoms with Gasteiger partial charge in [-0.25, -0.2) is 0 Å². The molecule has 60 valence electrons. The van der Waals surface area contributed by atoms with Crippen LogP contribution in [-0.4, -0.2) is 25.3 Å². The van der Waals surface area contributed by atoms with Crippen molar-refractivity contribution in [2.45, 2.75) is 38.8 Å². The van der Waals surface area contributed by atoms with Crippen molar-refractivity contribution >= 4 is 0 Å². The van der Waals surface area contributed by atoms with E-state index in [-0.39, 0.29) is 0 Å². The molecule has 0 aromatic heterocycles. The van der Waals surface area contributed by atoms with Crippen LogP contribution in [0, 0.1) is 0 Å². The topological polar surface area (TPSA) is 21.3 Å². The van der Waals surface area contributed by atoms with Gasteiger partial charge in [0.25, 0.3) is 0 Å². The molecule has 2 heteroatoms. The molecule has 0 aromatic rings. The van der Waals surface area contributed by atoms with E-state index in [4.69, 9.17) is 4.74 Å². The van der Waals surface area contributed by atoms with E-state index in [9.17, 15) is 0 Å². The van der Waals surface area contributed by atoms with Crippen LogP contribution >= 0.6 is 0 Å². The SMILES string of the molecule is CC(C)NCC1CCCO1. The molecule has 1 atom stereocenters. The Morgan fingerprint density at radius 1 is 1.60 bits per heavy atom. The molecule has 1 unspecified atom stereocenters. The molecule has 1 aliphatic heterocycles. The van der Waals surface area contributed by atoms with Crippen molar-refractivity contribution in [3.63, 3.8) is 0 Å². The maximum Gasteiger partial charge on any atom is 0.0700 e. The summed E-state index contributed by atoms with van der Waals surface area (Å²) in [6.07, 6.45) is 2.96. The fourth-order valence-electron chi connectivity index (χ4n) is 1.17. The summed E-state index contributed by atoms with van der Waals surface area (Å²) < 4.78 is 5.44. The molecule has 1 rings (SSSR count). The third-order valence-corrected chi connectivity index (χ3v) is 1.78. The smallest absolute Gasteiger partial charge is 0.0700 e. The van der Waals surface area contributed by atoms with Gasteiger partial charge in [-0.3, -0.25) is 0 Å². The molecule has 1 fully saturated rings. The van der Waals surface area contributed by atoms with Gasteiger partial charge in [-0.1, -0.05) is 13.8 Å². The lowest BCUT2D eigenvalue weighted by Crippen LogP contribution is -2.31. The van der Waals surface area contributed by atoms with Gasteiger partial charge in [0, 0.05) is 19.2 Å². The predicted molar refractivity (Wildman–Crippen MR) is 42.1 cm³/mol. The fraction of sp³-hybridized carbons (Fsp3) is 1.00. The average Bonchev–Trinajstić information content (AvgIpc) is 2.34. The first kappa shape index (κ1) is 8.02. The summed E-state index contributed by atoms with van der Waals surface area (Å²) in [7, 11) is 0. The zero-order chi connectivity index (χ0) is 7.40. The van der Waals surface area contributed by atoms with Gasteiger partial charge in [-0.15, -0.1) is 0 Å². The Morgan fingerprint density at radius 2 is 2.40 bits per heavy atom. The summed E-state index contributed by atoms with van der Waals surface area (Å²) in [6.45, 7) is 6.31. The number of hydrogen-bond acceptors (Lipinski definition) is 2. The summed E-state index contributed by atoms with van der Waals surface area (Å²) >= 11 is 0. The zero-order valence-electron chi connectivity index (χ0n) is 6.89. The van der Waals surface area contributed by atoms with E-state index in [0.29, 0.717) is 12.1 Å². The van der Waals surface area contributed by atoms with Crippen LogP contribution in [0.4, 0.5) is 0 Å². The van der Waals surface area contributed by atoms with Gasteiger partial charge in [-0.05, 0) is 12.8 Å². The van der Waals surface area contributed by atoms with Crippen LogP contribution in [-0.2, 0) is 4.74 Å². The van der Waals surface area contributed by atoms with Crippen molar-refractivity contribution in [1.29, 1.82) is 0 Å². The predicted octanol–water partition coefficient (Wildman–Crippen LogP) is 1.16. The number of hydrogen-bond donors (Lipinski definition) is 1. The highest BCUT2D eigenvalue weighted by Crippen LogP contribution is 2.10. The molecule has 10 heavy (non-hydrogen) atoms. The van der Waals surface area contributed by atoms with Gasteiger partial charge in [0.2, 0.25) is 0 Å². The molecule has 2 nitrogen and oxygen atoms in total. The Kier molecular flexibility index (Phi) is 3.16. The number of nitrogens with one attached hydrogen (secondary N) is 1. The van der Waals surface area contributed by atoms with Gasteiger partial charge >= 0.3 is 0 Å². The normalized spacial score (nSPS) is 26.1. The largest absolute Gasteiger partial charge is 0.377 e. The van der Waals surface area contributed by atoms with E-state index in [1.165, 1.54) is 12.8 Å². The monoisotopic (exact) mass is 143 g/mol. The maximum absolute atomic E-state index is 5.44. The first-order chi connectivity index (χ1) is 4.79. The summed E-state index contributed by atoms with van der Waals surface area (Å²) in [6, 6.07) is 0.587. The Balaban J connectivity index is 2.01. The van der Waals surface area contributed by atoms with E-state index in [2.05, 4.69) is 19.2 Å². The summed E-state index contributed by atoms with van der Waals surface area (Å²) in [4.78, 5) is 0. The Hall–Kier alpha value is -0.0800. The highest BCUT2D eigenvalue weighted by Gasteiger charge is 2.14. The Labute approximate surface area is 63.0 Å². The third kappa shape index (κ3) is 2.67. The first-order valence-electron chi connectivity index (χ1n) is 4.14. The minimum absolute atomic E-state index is 0.488. The van der Waals surface area contributed by atoms with Crippen LogP contribution < -0.4 is 5.32 Å². The van der Waals surface area contributed by atoms with Crippen LogP contribution in [0.2, 0.25) is 0 Å². The third-order valence-electron chi connectivity index (χ3n) is 1.78. The summed E-state index contributed by atoms with van der Waals surface area (Å²) in [5.41, 5.74) is 0. The molecular formula is C8H17NO. The molecule has 1 heterocycles. The molecule has 0 amide bonds. The molecule has 0 bridgehead atoms. The van der Waals surface area contributed by atoms with Crippen LogP contribution in [0.15, 0.2) is 0 Å². The van der Waals surface area contributed by atoms with Crippen molar-refractivity contribution in [3.05, 3.63) is 0 Å². The van der Waals surface area contributed by atoms with Crippen molar-refractivity contribution < 1.29 is 4.74 Å². The second kappa shape index (κ2) is 3.94. The molecule has 0 spiro atoms. The molecule has 1 aliphatic rings. The van der Waals surface area contributed by atoms with E-state index < -0.39 is 0 Å². The standard InChI is InChI=1S/C8H17NO/c1-7(2)9-6-8-4-3-5-10-8/h7-9H,3-6H2,1-2H3. The van der Waals surface area contributed by atoms with Crippen LogP contribution in [0.3, 0.4) is 0 Å². The van der Waals surface area contributed by atoms with Gasteiger partial charge in [0.05, 0.1) is 6.10 Å². The summed E-state index contributed by atoms with van der Waals surface area (Å²) in [5, 5.41) is 3.36. The Morgan fingerprint density at radius 3 is 2.90 bits per heavy atom. The molecule has 1 saturated heterocycles. The van der Waals surface area contributed by atoms with E-state index in [1.807, 2.05) is 0 Å². The van der Waals surface area contributed by atoms with Crippen molar-refractivity contribution in [1.82, 2.24) is 5.32 Å². The minimum Gasteiger partial charge on any atom is -0.377 e. The molecule has 0 aliphatic carbocycles. The molecule has 0 aromatic carbocycles. The molecule has 1 N–H and O–H groups in total. The van der Waals surface area contributed by atoms with Gasteiger partial charge in [0.15, 0.2) is 0 Å². The van der Waals surface area contributed by atoms with Gasteiger partial charge in [-0.2, -0.15) is 0 Å². The zero-order valence-corrected chi connectivity index (χ0v) is 6.89. The first-order valence-corrected chi connectivity index (χ1v) is 4.14. The van der Waals surface area contributed by atoms with Crippen LogP contribution in [0.25, 0.3) is 0 Å².